The van der Waals surface area contributed by atoms with Gasteiger partial charge in [-0.15, -0.1) is 0 Å². The molecule has 1 N–H and O–H groups in total. The standard InChI is InChI=1S/C10H10N4O/c1-10(2)7-4-3-6(13-14-11)5-8(7)12-9(10)15/h3-5H,1-2H3,(H,12,15). The van der Waals surface area contributed by atoms with Crippen LogP contribution in [0.4, 0.5) is 11.4 Å². The molecule has 0 bridgehead atoms. The van der Waals surface area contributed by atoms with Crippen LogP contribution in [0.15, 0.2) is 23.3 Å². The number of hydrogen-bond donors (Lipinski definition) is 1. The van der Waals surface area contributed by atoms with Crippen molar-refractivity contribution in [1.82, 2.24) is 0 Å². The van der Waals surface area contributed by atoms with Gasteiger partial charge in [-0.1, -0.05) is 17.2 Å². The molecule has 0 saturated heterocycles. The van der Waals surface area contributed by atoms with Crippen LogP contribution in [-0.2, 0) is 10.2 Å². The molecule has 1 heterocycles. The molecular formula is C10H10N4O. The number of carbonyl (C=O) groups is 1. The Kier molecular flexibility index (Phi) is 1.91. The largest absolute Gasteiger partial charge is 0.325 e. The molecule has 0 fully saturated rings. The Morgan fingerprint density at radius 3 is 2.87 bits per heavy atom. The zero-order valence-electron chi connectivity index (χ0n) is 8.48. The molecule has 1 aliphatic heterocycles. The lowest BCUT2D eigenvalue weighted by Gasteiger charge is -2.14. The second kappa shape index (κ2) is 3.00. The predicted molar refractivity (Wildman–Crippen MR) is 56.9 cm³/mol. The summed E-state index contributed by atoms with van der Waals surface area (Å²) in [5, 5.41) is 6.25. The van der Waals surface area contributed by atoms with Crippen molar-refractivity contribution in [3.63, 3.8) is 0 Å². The summed E-state index contributed by atoms with van der Waals surface area (Å²) >= 11 is 0. The number of azide groups is 1. The molecule has 0 spiro atoms. The van der Waals surface area contributed by atoms with Gasteiger partial charge < -0.3 is 5.32 Å². The van der Waals surface area contributed by atoms with Crippen LogP contribution in [0.25, 0.3) is 10.4 Å². The third kappa shape index (κ3) is 1.33. The minimum atomic E-state index is -0.510. The van der Waals surface area contributed by atoms with Gasteiger partial charge in [0.05, 0.1) is 5.41 Å². The first kappa shape index (κ1) is 9.55. The van der Waals surface area contributed by atoms with Gasteiger partial charge in [0, 0.05) is 16.3 Å². The van der Waals surface area contributed by atoms with Crippen LogP contribution < -0.4 is 5.32 Å². The van der Waals surface area contributed by atoms with E-state index in [1.54, 1.807) is 12.1 Å². The van der Waals surface area contributed by atoms with Gasteiger partial charge in [0.2, 0.25) is 5.91 Å². The SMILES string of the molecule is CC1(C)C(=O)Nc2cc(N=[N+]=[N-])ccc21. The quantitative estimate of drug-likeness (QED) is 0.424. The highest BCUT2D eigenvalue weighted by Crippen LogP contribution is 2.38. The van der Waals surface area contributed by atoms with E-state index in [1.165, 1.54) is 0 Å². The van der Waals surface area contributed by atoms with Gasteiger partial charge in [0.1, 0.15) is 0 Å². The van der Waals surface area contributed by atoms with E-state index in [2.05, 4.69) is 15.3 Å². The second-order valence-electron chi connectivity index (χ2n) is 4.00. The Morgan fingerprint density at radius 2 is 2.20 bits per heavy atom. The first-order chi connectivity index (χ1) is 7.05. The highest BCUT2D eigenvalue weighted by Gasteiger charge is 2.37. The number of nitrogens with zero attached hydrogens (tertiary/aromatic N) is 3. The van der Waals surface area contributed by atoms with Gasteiger partial charge in [-0.05, 0) is 31.0 Å². The molecule has 1 aliphatic rings. The lowest BCUT2D eigenvalue weighted by atomic mass is 9.86. The average molecular weight is 202 g/mol. The van der Waals surface area contributed by atoms with Crippen LogP contribution in [0.3, 0.4) is 0 Å². The van der Waals surface area contributed by atoms with E-state index in [9.17, 15) is 4.79 Å². The molecule has 1 aromatic rings. The van der Waals surface area contributed by atoms with Crippen molar-refractivity contribution >= 4 is 17.3 Å². The molecule has 0 radical (unpaired) electrons. The molecule has 0 aliphatic carbocycles. The first-order valence-corrected chi connectivity index (χ1v) is 4.57. The monoisotopic (exact) mass is 202 g/mol. The van der Waals surface area contributed by atoms with Crippen LogP contribution in [0.5, 0.6) is 0 Å². The molecule has 1 amide bonds. The van der Waals surface area contributed by atoms with Crippen molar-refractivity contribution < 1.29 is 4.79 Å². The fourth-order valence-corrected chi connectivity index (χ4v) is 1.70. The molecule has 15 heavy (non-hydrogen) atoms. The van der Waals surface area contributed by atoms with Crippen LogP contribution >= 0.6 is 0 Å². The number of rotatable bonds is 1. The molecular weight excluding hydrogens is 192 g/mol. The minimum absolute atomic E-state index is 0.0319. The molecule has 5 nitrogen and oxygen atoms in total. The summed E-state index contributed by atoms with van der Waals surface area (Å²) in [5.74, 6) is -0.0319. The van der Waals surface area contributed by atoms with Gasteiger partial charge >= 0.3 is 0 Å². The summed E-state index contributed by atoms with van der Waals surface area (Å²) in [4.78, 5) is 14.3. The number of hydrogen-bond acceptors (Lipinski definition) is 2. The van der Waals surface area contributed by atoms with Crippen molar-refractivity contribution in [2.75, 3.05) is 5.32 Å². The molecule has 76 valence electrons. The maximum Gasteiger partial charge on any atom is 0.234 e. The third-order valence-corrected chi connectivity index (χ3v) is 2.65. The average Bonchev–Trinajstić information content (AvgIpc) is 2.38. The van der Waals surface area contributed by atoms with E-state index < -0.39 is 5.41 Å². The number of carbonyl (C=O) groups excluding carboxylic acids is 1. The van der Waals surface area contributed by atoms with Crippen molar-refractivity contribution in [2.45, 2.75) is 19.3 Å². The summed E-state index contributed by atoms with van der Waals surface area (Å²) in [6, 6.07) is 5.21. The van der Waals surface area contributed by atoms with E-state index in [0.717, 1.165) is 11.3 Å². The summed E-state index contributed by atoms with van der Waals surface area (Å²) in [5.41, 5.74) is 9.96. The van der Waals surface area contributed by atoms with E-state index in [4.69, 9.17) is 5.53 Å². The van der Waals surface area contributed by atoms with Gasteiger partial charge in [-0.25, -0.2) is 0 Å². The lowest BCUT2D eigenvalue weighted by molar-refractivity contribution is -0.119. The second-order valence-corrected chi connectivity index (χ2v) is 4.00. The molecule has 2 rings (SSSR count). The van der Waals surface area contributed by atoms with Gasteiger partial charge in [0.15, 0.2) is 0 Å². The normalized spacial score (nSPS) is 16.5. The number of fused-ring (bicyclic) bond motifs is 1. The van der Waals surface area contributed by atoms with Gasteiger partial charge in [-0.2, -0.15) is 0 Å². The van der Waals surface area contributed by atoms with E-state index in [1.807, 2.05) is 19.9 Å². The maximum absolute atomic E-state index is 11.6. The van der Waals surface area contributed by atoms with Crippen molar-refractivity contribution in [2.24, 2.45) is 5.11 Å². The number of nitrogens with one attached hydrogen (secondary N) is 1. The molecule has 0 unspecified atom stereocenters. The van der Waals surface area contributed by atoms with Crippen LogP contribution in [0.1, 0.15) is 19.4 Å². The number of anilines is 1. The molecule has 5 heteroatoms. The Bertz CT molecular complexity index is 486. The van der Waals surface area contributed by atoms with Crippen molar-refractivity contribution in [3.05, 3.63) is 34.2 Å². The van der Waals surface area contributed by atoms with Crippen molar-refractivity contribution in [1.29, 1.82) is 0 Å². The lowest BCUT2D eigenvalue weighted by Crippen LogP contribution is -2.26. The number of amides is 1. The van der Waals surface area contributed by atoms with E-state index in [0.29, 0.717) is 5.69 Å². The van der Waals surface area contributed by atoms with Crippen molar-refractivity contribution in [3.8, 4) is 0 Å². The van der Waals surface area contributed by atoms with Gasteiger partial charge in [-0.3, -0.25) is 4.79 Å². The van der Waals surface area contributed by atoms with Crippen LogP contribution in [0.2, 0.25) is 0 Å². The van der Waals surface area contributed by atoms with Crippen LogP contribution in [-0.4, -0.2) is 5.91 Å². The molecule has 0 saturated carbocycles. The summed E-state index contributed by atoms with van der Waals surface area (Å²) < 4.78 is 0. The van der Waals surface area contributed by atoms with Crippen LogP contribution in [0, 0.1) is 0 Å². The smallest absolute Gasteiger partial charge is 0.234 e. The Hall–Kier alpha value is -2.00. The fourth-order valence-electron chi connectivity index (χ4n) is 1.70. The minimum Gasteiger partial charge on any atom is -0.325 e. The molecule has 1 aromatic carbocycles. The third-order valence-electron chi connectivity index (χ3n) is 2.65. The predicted octanol–water partition coefficient (Wildman–Crippen LogP) is 2.86. The maximum atomic E-state index is 11.6. The summed E-state index contributed by atoms with van der Waals surface area (Å²) in [7, 11) is 0. The zero-order valence-corrected chi connectivity index (χ0v) is 8.48. The van der Waals surface area contributed by atoms with Gasteiger partial charge in [0.25, 0.3) is 0 Å². The summed E-state index contributed by atoms with van der Waals surface area (Å²) in [6.45, 7) is 3.73. The Morgan fingerprint density at radius 1 is 1.47 bits per heavy atom. The van der Waals surface area contributed by atoms with E-state index in [-0.39, 0.29) is 5.91 Å². The highest BCUT2D eigenvalue weighted by molar-refractivity contribution is 6.06. The zero-order chi connectivity index (χ0) is 11.1. The van der Waals surface area contributed by atoms with E-state index >= 15 is 0 Å². The Balaban J connectivity index is 2.55. The topological polar surface area (TPSA) is 77.9 Å². The fraction of sp³-hybridized carbons (Fsp3) is 0.300. The molecule has 0 atom stereocenters. The Labute approximate surface area is 86.7 Å². The first-order valence-electron chi connectivity index (χ1n) is 4.57. The summed E-state index contributed by atoms with van der Waals surface area (Å²) in [6.07, 6.45) is 0. The number of benzene rings is 1. The highest BCUT2D eigenvalue weighted by atomic mass is 16.2. The molecule has 0 aromatic heterocycles.